The third-order valence-electron chi connectivity index (χ3n) is 5.86. The fourth-order valence-corrected chi connectivity index (χ4v) is 4.87. The number of carbonyl (C=O) groups is 2. The van der Waals surface area contributed by atoms with Gasteiger partial charge in [-0.25, -0.2) is 4.98 Å². The van der Waals surface area contributed by atoms with E-state index in [-0.39, 0.29) is 23.9 Å². The highest BCUT2D eigenvalue weighted by molar-refractivity contribution is 8.00. The van der Waals surface area contributed by atoms with Gasteiger partial charge in [0.15, 0.2) is 0 Å². The van der Waals surface area contributed by atoms with Crippen LogP contribution in [0.1, 0.15) is 71.3 Å². The predicted octanol–water partition coefficient (Wildman–Crippen LogP) is 3.98. The van der Waals surface area contributed by atoms with Gasteiger partial charge in [0, 0.05) is 35.3 Å². The Balaban J connectivity index is 2.26. The first-order valence-electron chi connectivity index (χ1n) is 12.5. The van der Waals surface area contributed by atoms with Crippen LogP contribution in [0.5, 0.6) is 0 Å². The molecule has 8 heteroatoms. The second-order valence-corrected chi connectivity index (χ2v) is 10.4. The number of nitrogens with zero attached hydrogens (tertiary/aromatic N) is 3. The zero-order chi connectivity index (χ0) is 26.0. The number of aliphatic carboxylic acids is 1. The minimum Gasteiger partial charge on any atom is -0.549 e. The summed E-state index contributed by atoms with van der Waals surface area (Å²) in [7, 11) is 0. The Labute approximate surface area is 213 Å². The average molecular weight is 501 g/mol. The van der Waals surface area contributed by atoms with Crippen LogP contribution >= 0.6 is 11.8 Å². The maximum atomic E-state index is 13.4. The van der Waals surface area contributed by atoms with E-state index in [2.05, 4.69) is 11.9 Å². The Morgan fingerprint density at radius 2 is 1.74 bits per heavy atom. The van der Waals surface area contributed by atoms with Gasteiger partial charge in [0.05, 0.1) is 11.2 Å². The summed E-state index contributed by atoms with van der Waals surface area (Å²) in [5.74, 6) is -0.722. The highest BCUT2D eigenvalue weighted by Crippen LogP contribution is 2.30. The van der Waals surface area contributed by atoms with Crippen molar-refractivity contribution in [1.82, 2.24) is 9.55 Å². The quantitative estimate of drug-likeness (QED) is 0.288. The molecule has 2 aromatic rings. The van der Waals surface area contributed by atoms with Crippen LogP contribution in [0, 0.1) is 12.8 Å². The molecule has 1 aromatic heterocycles. The molecule has 1 aromatic carbocycles. The van der Waals surface area contributed by atoms with Gasteiger partial charge in [0.1, 0.15) is 12.4 Å². The highest BCUT2D eigenvalue weighted by atomic mass is 32.2. The number of thioether (sulfide) groups is 1. The van der Waals surface area contributed by atoms with E-state index in [1.807, 2.05) is 45.0 Å². The van der Waals surface area contributed by atoms with Crippen molar-refractivity contribution in [3.05, 3.63) is 52.2 Å². The van der Waals surface area contributed by atoms with Crippen molar-refractivity contribution in [3.8, 4) is 0 Å². The van der Waals surface area contributed by atoms with Crippen LogP contribution in [-0.2, 0) is 22.6 Å². The number of unbranched alkanes of at least 4 members (excludes halogenated alkanes) is 4. The summed E-state index contributed by atoms with van der Waals surface area (Å²) in [6.07, 6.45) is 5.88. The van der Waals surface area contributed by atoms with Gasteiger partial charge < -0.3 is 14.8 Å². The molecule has 1 atom stereocenters. The second-order valence-electron chi connectivity index (χ2n) is 9.15. The van der Waals surface area contributed by atoms with Crippen LogP contribution in [-0.4, -0.2) is 33.2 Å². The van der Waals surface area contributed by atoms with Gasteiger partial charge in [0.25, 0.3) is 5.56 Å². The molecule has 0 saturated heterocycles. The van der Waals surface area contributed by atoms with E-state index >= 15 is 0 Å². The third-order valence-corrected chi connectivity index (χ3v) is 7.40. The molecule has 1 heterocycles. The van der Waals surface area contributed by atoms with Crippen molar-refractivity contribution < 1.29 is 14.7 Å². The number of carboxylic acids is 1. The van der Waals surface area contributed by atoms with Crippen LogP contribution in [0.25, 0.3) is 0 Å². The fraction of sp³-hybridized carbons (Fsp3) is 0.556. The molecule has 0 saturated carbocycles. The maximum Gasteiger partial charge on any atom is 0.254 e. The lowest BCUT2D eigenvalue weighted by molar-refractivity contribution is -0.305. The summed E-state index contributed by atoms with van der Waals surface area (Å²) in [6, 6.07) is 8.82. The van der Waals surface area contributed by atoms with E-state index in [9.17, 15) is 19.5 Å². The number of aryl methyl sites for hydroxylation is 2. The molecular formula is C27H38N3O4S-. The van der Waals surface area contributed by atoms with E-state index in [1.54, 1.807) is 11.8 Å². The van der Waals surface area contributed by atoms with Crippen molar-refractivity contribution in [1.29, 1.82) is 0 Å². The number of rotatable bonds is 14. The summed E-state index contributed by atoms with van der Waals surface area (Å²) in [5, 5.41) is 10.8. The summed E-state index contributed by atoms with van der Waals surface area (Å²) in [6.45, 7) is 10.1. The van der Waals surface area contributed by atoms with Gasteiger partial charge in [-0.2, -0.15) is 0 Å². The largest absolute Gasteiger partial charge is 0.549 e. The lowest BCUT2D eigenvalue weighted by Gasteiger charge is -2.25. The summed E-state index contributed by atoms with van der Waals surface area (Å²) in [4.78, 5) is 44.5. The zero-order valence-corrected chi connectivity index (χ0v) is 22.4. The first-order chi connectivity index (χ1) is 16.7. The number of carbonyl (C=O) groups excluding carboxylic acids is 2. The van der Waals surface area contributed by atoms with Gasteiger partial charge in [-0.3, -0.25) is 14.2 Å². The Morgan fingerprint density at radius 3 is 2.31 bits per heavy atom. The Kier molecular flexibility index (Phi) is 11.5. The number of hydrogen-bond acceptors (Lipinski definition) is 6. The Morgan fingerprint density at radius 1 is 1.09 bits per heavy atom. The van der Waals surface area contributed by atoms with Gasteiger partial charge in [-0.15, -0.1) is 11.8 Å². The number of hydrogen-bond donors (Lipinski definition) is 0. The van der Waals surface area contributed by atoms with E-state index in [0.29, 0.717) is 24.5 Å². The Bertz CT molecular complexity index is 1030. The molecule has 192 valence electrons. The minimum absolute atomic E-state index is 0.0686. The van der Waals surface area contributed by atoms with Crippen LogP contribution in [0.2, 0.25) is 0 Å². The molecule has 0 spiro atoms. The Hall–Kier alpha value is -2.61. The van der Waals surface area contributed by atoms with Crippen LogP contribution < -0.4 is 15.6 Å². The number of benzene rings is 1. The molecule has 0 aliphatic carbocycles. The molecule has 1 unspecified atom stereocenters. The predicted molar refractivity (Wildman–Crippen MR) is 140 cm³/mol. The molecule has 2 rings (SSSR count). The highest BCUT2D eigenvalue weighted by Gasteiger charge is 2.20. The van der Waals surface area contributed by atoms with Gasteiger partial charge in [0.2, 0.25) is 5.91 Å². The molecular weight excluding hydrogens is 462 g/mol. The van der Waals surface area contributed by atoms with Crippen molar-refractivity contribution in [2.24, 2.45) is 5.92 Å². The number of anilines is 1. The van der Waals surface area contributed by atoms with Crippen molar-refractivity contribution in [3.63, 3.8) is 0 Å². The molecule has 0 radical (unpaired) electrons. The van der Waals surface area contributed by atoms with E-state index in [4.69, 9.17) is 0 Å². The van der Waals surface area contributed by atoms with Crippen molar-refractivity contribution in [2.75, 3.05) is 11.4 Å². The average Bonchev–Trinajstić information content (AvgIpc) is 2.81. The van der Waals surface area contributed by atoms with E-state index in [1.165, 1.54) is 28.8 Å². The first-order valence-corrected chi connectivity index (χ1v) is 13.4. The zero-order valence-electron chi connectivity index (χ0n) is 21.6. The van der Waals surface area contributed by atoms with Crippen LogP contribution in [0.15, 0.2) is 40.0 Å². The lowest BCUT2D eigenvalue weighted by atomic mass is 10.1. The maximum absolute atomic E-state index is 13.4. The van der Waals surface area contributed by atoms with Gasteiger partial charge in [-0.1, -0.05) is 53.4 Å². The van der Waals surface area contributed by atoms with Gasteiger partial charge >= 0.3 is 0 Å². The monoisotopic (exact) mass is 500 g/mol. The van der Waals surface area contributed by atoms with E-state index in [0.717, 1.165) is 36.3 Å². The molecule has 35 heavy (non-hydrogen) atoms. The minimum atomic E-state index is -1.08. The molecule has 7 nitrogen and oxygen atoms in total. The van der Waals surface area contributed by atoms with E-state index < -0.39 is 11.2 Å². The second kappa shape index (κ2) is 14.1. The third kappa shape index (κ3) is 8.53. The molecule has 1 amide bonds. The molecule has 0 aliphatic rings. The van der Waals surface area contributed by atoms with Gasteiger partial charge in [-0.05, 0) is 43.5 Å². The molecule has 0 aliphatic heterocycles. The van der Waals surface area contributed by atoms with Crippen molar-refractivity contribution in [2.45, 2.75) is 89.8 Å². The standard InChI is InChI=1S/C27H39N3O4S/c1-6-8-9-10-11-16-29(25(32)18-30-23(7-2)28-20(5)17-24(30)31)21-12-14-22(15-13-21)35-26(19(3)4)27(33)34/h12-15,17,19,26H,6-11,16,18H2,1-5H3,(H,33,34)/p-1. The molecule has 0 fully saturated rings. The summed E-state index contributed by atoms with van der Waals surface area (Å²) >= 11 is 1.25. The number of amides is 1. The van der Waals surface area contributed by atoms with Crippen LogP contribution in [0.3, 0.4) is 0 Å². The number of carboxylic acid groups (broad SMARTS) is 1. The summed E-state index contributed by atoms with van der Waals surface area (Å²) in [5.41, 5.74) is 1.16. The SMILES string of the molecule is CCCCCCCN(C(=O)Cn1c(CC)nc(C)cc1=O)c1ccc(SC(C(=O)[O-])C(C)C)cc1. The smallest absolute Gasteiger partial charge is 0.254 e. The lowest BCUT2D eigenvalue weighted by Crippen LogP contribution is -2.38. The molecule has 0 bridgehead atoms. The van der Waals surface area contributed by atoms with Crippen molar-refractivity contribution >= 4 is 29.3 Å². The fourth-order valence-electron chi connectivity index (χ4n) is 3.92. The number of aromatic nitrogens is 2. The van der Waals surface area contributed by atoms with Crippen LogP contribution in [0.4, 0.5) is 5.69 Å². The normalized spacial score (nSPS) is 12.1. The molecule has 0 N–H and O–H groups in total. The topological polar surface area (TPSA) is 95.3 Å². The summed E-state index contributed by atoms with van der Waals surface area (Å²) < 4.78 is 1.46. The first kappa shape index (κ1) is 28.6.